The van der Waals surface area contributed by atoms with Crippen LogP contribution in [0.2, 0.25) is 0 Å². The van der Waals surface area contributed by atoms with Crippen molar-refractivity contribution in [1.82, 2.24) is 9.88 Å². The van der Waals surface area contributed by atoms with Crippen LogP contribution in [-0.4, -0.2) is 49.3 Å². The molecule has 2 N–H and O–H groups in total. The molecular formula is C12H19N3O2. The number of nitrogens with two attached hydrogens (primary N) is 1. The number of nitrogens with zero attached hydrogens (tertiary/aromatic N) is 2. The first-order valence-corrected chi connectivity index (χ1v) is 5.85. The number of aromatic nitrogens is 1. The maximum atomic E-state index is 5.77. The number of hydrogen-bond acceptors (Lipinski definition) is 5. The summed E-state index contributed by atoms with van der Waals surface area (Å²) in [6, 6.07) is 2.19. The van der Waals surface area contributed by atoms with Gasteiger partial charge in [0.25, 0.3) is 0 Å². The molecule has 0 aromatic carbocycles. The molecule has 5 nitrogen and oxygen atoms in total. The molecule has 17 heavy (non-hydrogen) atoms. The number of ether oxygens (including phenoxy) is 2. The number of hydrogen-bond donors (Lipinski definition) is 1. The van der Waals surface area contributed by atoms with E-state index in [-0.39, 0.29) is 0 Å². The average Bonchev–Trinajstić information content (AvgIpc) is 2.38. The third-order valence-corrected chi connectivity index (χ3v) is 3.04. The van der Waals surface area contributed by atoms with Crippen LogP contribution < -0.4 is 10.5 Å². The summed E-state index contributed by atoms with van der Waals surface area (Å²) in [6.07, 6.45) is 3.44. The van der Waals surface area contributed by atoms with E-state index in [1.54, 1.807) is 12.4 Å². The fourth-order valence-corrected chi connectivity index (χ4v) is 1.81. The zero-order chi connectivity index (χ0) is 12.1. The number of likely N-dealkylation sites (N-methyl/N-ethyl adjacent to an activating group) is 1. The Labute approximate surface area is 102 Å². The maximum Gasteiger partial charge on any atom is 0.142 e. The summed E-state index contributed by atoms with van der Waals surface area (Å²) in [4.78, 5) is 6.30. The fourth-order valence-electron chi connectivity index (χ4n) is 1.81. The van der Waals surface area contributed by atoms with E-state index in [1.165, 1.54) is 0 Å². The Morgan fingerprint density at radius 2 is 2.53 bits per heavy atom. The van der Waals surface area contributed by atoms with Gasteiger partial charge in [0.2, 0.25) is 0 Å². The van der Waals surface area contributed by atoms with Crippen molar-refractivity contribution < 1.29 is 9.47 Å². The van der Waals surface area contributed by atoms with E-state index in [0.717, 1.165) is 24.5 Å². The lowest BCUT2D eigenvalue weighted by atomic mass is 10.2. The minimum atomic E-state index is 0.301. The topological polar surface area (TPSA) is 60.6 Å². The SMILES string of the molecule is CN1CCOC[C@@H]1COc1cnccc1CN. The Balaban J connectivity index is 1.92. The van der Waals surface area contributed by atoms with Crippen molar-refractivity contribution >= 4 is 0 Å². The van der Waals surface area contributed by atoms with E-state index in [4.69, 9.17) is 15.2 Å². The van der Waals surface area contributed by atoms with Crippen LogP contribution in [0.25, 0.3) is 0 Å². The molecule has 1 saturated heterocycles. The van der Waals surface area contributed by atoms with Crippen molar-refractivity contribution in [2.75, 3.05) is 33.4 Å². The van der Waals surface area contributed by atoms with E-state index < -0.39 is 0 Å². The molecule has 0 bridgehead atoms. The van der Waals surface area contributed by atoms with E-state index in [0.29, 0.717) is 25.8 Å². The highest BCUT2D eigenvalue weighted by molar-refractivity contribution is 5.29. The molecule has 1 aromatic rings. The lowest BCUT2D eigenvalue weighted by Crippen LogP contribution is -2.46. The van der Waals surface area contributed by atoms with E-state index in [1.807, 2.05) is 6.07 Å². The first-order valence-electron chi connectivity index (χ1n) is 5.85. The van der Waals surface area contributed by atoms with Crippen molar-refractivity contribution in [2.24, 2.45) is 5.73 Å². The zero-order valence-corrected chi connectivity index (χ0v) is 10.1. The lowest BCUT2D eigenvalue weighted by Gasteiger charge is -2.32. The first kappa shape index (κ1) is 12.3. The lowest BCUT2D eigenvalue weighted by molar-refractivity contribution is -0.0109. The highest BCUT2D eigenvalue weighted by Crippen LogP contribution is 2.16. The molecule has 1 fully saturated rings. The van der Waals surface area contributed by atoms with Gasteiger partial charge in [-0.05, 0) is 13.1 Å². The van der Waals surface area contributed by atoms with Crippen molar-refractivity contribution in [1.29, 1.82) is 0 Å². The predicted octanol–water partition coefficient (Wildman–Crippen LogP) is 0.250. The maximum absolute atomic E-state index is 5.77. The van der Waals surface area contributed by atoms with Crippen molar-refractivity contribution in [3.63, 3.8) is 0 Å². The highest BCUT2D eigenvalue weighted by atomic mass is 16.5. The largest absolute Gasteiger partial charge is 0.490 e. The summed E-state index contributed by atoms with van der Waals surface area (Å²) in [7, 11) is 2.09. The standard InChI is InChI=1S/C12H19N3O2/c1-15-4-5-16-8-11(15)9-17-12-7-14-3-2-10(12)6-13/h2-3,7,11H,4-6,8-9,13H2,1H3/t11-/m1/s1. The summed E-state index contributed by atoms with van der Waals surface area (Å²) in [6.45, 7) is 3.54. The van der Waals surface area contributed by atoms with Gasteiger partial charge >= 0.3 is 0 Å². The smallest absolute Gasteiger partial charge is 0.142 e. The highest BCUT2D eigenvalue weighted by Gasteiger charge is 2.20. The van der Waals surface area contributed by atoms with Crippen molar-refractivity contribution in [3.8, 4) is 5.75 Å². The second-order valence-corrected chi connectivity index (χ2v) is 4.21. The van der Waals surface area contributed by atoms with E-state index in [2.05, 4.69) is 16.9 Å². The van der Waals surface area contributed by atoms with Gasteiger partial charge in [0.05, 0.1) is 25.5 Å². The summed E-state index contributed by atoms with van der Waals surface area (Å²) in [5.74, 6) is 0.772. The van der Waals surface area contributed by atoms with Gasteiger partial charge in [-0.15, -0.1) is 0 Å². The number of pyridine rings is 1. The Kier molecular flexibility index (Phi) is 4.30. The molecule has 0 saturated carbocycles. The predicted molar refractivity (Wildman–Crippen MR) is 64.9 cm³/mol. The molecule has 0 unspecified atom stereocenters. The first-order chi connectivity index (χ1) is 8.31. The molecule has 5 heteroatoms. The molecule has 1 aliphatic rings. The molecule has 1 atom stereocenters. The third-order valence-electron chi connectivity index (χ3n) is 3.04. The minimum Gasteiger partial charge on any atom is -0.490 e. The minimum absolute atomic E-state index is 0.301. The fraction of sp³-hybridized carbons (Fsp3) is 0.583. The zero-order valence-electron chi connectivity index (χ0n) is 10.1. The average molecular weight is 237 g/mol. The normalized spacial score (nSPS) is 21.4. The summed E-state index contributed by atoms with van der Waals surface area (Å²) < 4.78 is 11.2. The van der Waals surface area contributed by atoms with E-state index in [9.17, 15) is 0 Å². The molecule has 0 radical (unpaired) electrons. The van der Waals surface area contributed by atoms with Gasteiger partial charge in [0.15, 0.2) is 0 Å². The van der Waals surface area contributed by atoms with Gasteiger partial charge in [0.1, 0.15) is 12.4 Å². The molecular weight excluding hydrogens is 218 g/mol. The van der Waals surface area contributed by atoms with Gasteiger partial charge < -0.3 is 15.2 Å². The van der Waals surface area contributed by atoms with Gasteiger partial charge in [-0.1, -0.05) is 0 Å². The van der Waals surface area contributed by atoms with Crippen molar-refractivity contribution in [3.05, 3.63) is 24.0 Å². The van der Waals surface area contributed by atoms with Gasteiger partial charge in [0, 0.05) is 24.8 Å². The van der Waals surface area contributed by atoms with Crippen molar-refractivity contribution in [2.45, 2.75) is 12.6 Å². The van der Waals surface area contributed by atoms with Crippen LogP contribution in [0.1, 0.15) is 5.56 Å². The van der Waals surface area contributed by atoms with Crippen LogP contribution in [0.5, 0.6) is 5.75 Å². The van der Waals surface area contributed by atoms with Crippen LogP contribution in [0.3, 0.4) is 0 Å². The van der Waals surface area contributed by atoms with Gasteiger partial charge in [-0.2, -0.15) is 0 Å². The van der Waals surface area contributed by atoms with Crippen LogP contribution in [0, 0.1) is 0 Å². The monoisotopic (exact) mass is 237 g/mol. The third kappa shape index (κ3) is 3.15. The van der Waals surface area contributed by atoms with Gasteiger partial charge in [-0.25, -0.2) is 0 Å². The molecule has 0 spiro atoms. The molecule has 1 aliphatic heterocycles. The Bertz CT molecular complexity index is 359. The second kappa shape index (κ2) is 5.95. The van der Waals surface area contributed by atoms with Crippen LogP contribution in [0.4, 0.5) is 0 Å². The Morgan fingerprint density at radius 3 is 3.29 bits per heavy atom. The number of rotatable bonds is 4. The molecule has 2 heterocycles. The van der Waals surface area contributed by atoms with E-state index >= 15 is 0 Å². The summed E-state index contributed by atoms with van der Waals surface area (Å²) >= 11 is 0. The second-order valence-electron chi connectivity index (χ2n) is 4.21. The molecule has 2 rings (SSSR count). The molecule has 0 amide bonds. The van der Waals surface area contributed by atoms with Gasteiger partial charge in [-0.3, -0.25) is 9.88 Å². The quantitative estimate of drug-likeness (QED) is 0.813. The van der Waals surface area contributed by atoms with Crippen LogP contribution >= 0.6 is 0 Å². The summed E-state index contributed by atoms with van der Waals surface area (Å²) in [5, 5.41) is 0. The summed E-state index contributed by atoms with van der Waals surface area (Å²) in [5.41, 5.74) is 6.63. The van der Waals surface area contributed by atoms with Crippen LogP contribution in [0.15, 0.2) is 18.5 Å². The molecule has 94 valence electrons. The Morgan fingerprint density at radius 1 is 1.65 bits per heavy atom. The van der Waals surface area contributed by atoms with Crippen LogP contribution in [-0.2, 0) is 11.3 Å². The molecule has 0 aliphatic carbocycles. The Hall–Kier alpha value is -1.17. The molecule has 1 aromatic heterocycles. The number of morpholine rings is 1.